The highest BCUT2D eigenvalue weighted by atomic mass is 32.1. The van der Waals surface area contributed by atoms with Crippen molar-refractivity contribution in [3.8, 4) is 21.9 Å². The zero-order valence-electron chi connectivity index (χ0n) is 32.3. The molecule has 0 spiro atoms. The number of hydrogen-bond donors (Lipinski definition) is 0. The van der Waals surface area contributed by atoms with Gasteiger partial charge in [0.1, 0.15) is 23.6 Å². The second-order valence-electron chi connectivity index (χ2n) is 14.6. The van der Waals surface area contributed by atoms with Crippen molar-refractivity contribution >= 4 is 27.2 Å². The van der Waals surface area contributed by atoms with Crippen LogP contribution in [0.15, 0.2) is 158 Å². The summed E-state index contributed by atoms with van der Waals surface area (Å²) in [6.07, 6.45) is 2.89. The predicted molar refractivity (Wildman–Crippen MR) is 230 cm³/mol. The number of tetrazole rings is 1. The molecular weight excluding hydrogens is 739 g/mol. The van der Waals surface area contributed by atoms with Gasteiger partial charge in [0.25, 0.3) is 0 Å². The fraction of sp³-hybridized carbons (Fsp3) is 0.184. The van der Waals surface area contributed by atoms with Crippen molar-refractivity contribution in [1.82, 2.24) is 25.1 Å². The van der Waals surface area contributed by atoms with E-state index in [1.165, 1.54) is 12.8 Å². The van der Waals surface area contributed by atoms with Gasteiger partial charge in [-0.1, -0.05) is 121 Å². The Morgan fingerprint density at radius 2 is 1.36 bits per heavy atom. The van der Waals surface area contributed by atoms with Crippen LogP contribution in [0.4, 0.5) is 0 Å². The zero-order valence-corrected chi connectivity index (χ0v) is 33.1. The van der Waals surface area contributed by atoms with E-state index in [9.17, 15) is 4.79 Å². The van der Waals surface area contributed by atoms with Crippen LogP contribution in [-0.4, -0.2) is 64.2 Å². The van der Waals surface area contributed by atoms with Gasteiger partial charge in [0.05, 0.1) is 7.11 Å². The summed E-state index contributed by atoms with van der Waals surface area (Å²) >= 11 is 1.63. The number of nitrogens with zero attached hydrogens (tertiary/aromatic N) is 5. The van der Waals surface area contributed by atoms with Crippen LogP contribution >= 0.6 is 11.3 Å². The molecule has 0 bridgehead atoms. The lowest BCUT2D eigenvalue weighted by atomic mass is 9.77. The van der Waals surface area contributed by atoms with Gasteiger partial charge in [0.15, 0.2) is 11.6 Å². The van der Waals surface area contributed by atoms with Crippen LogP contribution in [0.5, 0.6) is 11.5 Å². The molecule has 0 amide bonds. The third-order valence-electron chi connectivity index (χ3n) is 11.1. The molecule has 9 heteroatoms. The Kier molecular flexibility index (Phi) is 10.6. The number of ketones is 1. The van der Waals surface area contributed by atoms with Gasteiger partial charge in [-0.15, -0.1) is 16.4 Å². The van der Waals surface area contributed by atoms with Gasteiger partial charge in [-0.2, -0.15) is 0 Å². The molecule has 6 aromatic carbocycles. The lowest BCUT2D eigenvalue weighted by Gasteiger charge is -2.36. The number of likely N-dealkylation sites (tertiary alicyclic amines) is 1. The summed E-state index contributed by atoms with van der Waals surface area (Å²) in [7, 11) is 1.64. The summed E-state index contributed by atoms with van der Waals surface area (Å²) in [6.45, 7) is 3.90. The molecule has 0 unspecified atom stereocenters. The van der Waals surface area contributed by atoms with Gasteiger partial charge in [-0.25, -0.2) is 4.68 Å². The number of fused-ring (bicyclic) bond motifs is 1. The van der Waals surface area contributed by atoms with E-state index in [4.69, 9.17) is 14.7 Å². The molecule has 0 radical (unpaired) electrons. The molecule has 288 valence electrons. The Morgan fingerprint density at radius 1 is 0.741 bits per heavy atom. The highest BCUT2D eigenvalue weighted by molar-refractivity contribution is 7.22. The summed E-state index contributed by atoms with van der Waals surface area (Å²) < 4.78 is 15.1. The zero-order chi connectivity index (χ0) is 39.3. The van der Waals surface area contributed by atoms with Crippen molar-refractivity contribution in [1.29, 1.82) is 0 Å². The molecule has 1 aliphatic heterocycles. The predicted octanol–water partition coefficient (Wildman–Crippen LogP) is 9.70. The van der Waals surface area contributed by atoms with Crippen molar-refractivity contribution in [2.24, 2.45) is 0 Å². The summed E-state index contributed by atoms with van der Waals surface area (Å²) in [5.74, 6) is 1.99. The number of hydrogen-bond acceptors (Lipinski definition) is 8. The molecule has 58 heavy (non-hydrogen) atoms. The van der Waals surface area contributed by atoms with E-state index in [-0.39, 0.29) is 5.78 Å². The van der Waals surface area contributed by atoms with Crippen LogP contribution in [0.25, 0.3) is 20.5 Å². The molecule has 0 N–H and O–H groups in total. The largest absolute Gasteiger partial charge is 0.496 e. The van der Waals surface area contributed by atoms with Gasteiger partial charge < -0.3 is 9.47 Å². The lowest BCUT2D eigenvalue weighted by molar-refractivity contribution is 0.104. The third-order valence-corrected chi connectivity index (χ3v) is 12.4. The lowest BCUT2D eigenvalue weighted by Crippen LogP contribution is -2.40. The summed E-state index contributed by atoms with van der Waals surface area (Å²) in [5, 5.41) is 14.5. The number of carbonyl (C=O) groups excluding carboxylic acids is 1. The number of rotatable bonds is 14. The van der Waals surface area contributed by atoms with Gasteiger partial charge >= 0.3 is 0 Å². The van der Waals surface area contributed by atoms with E-state index in [0.29, 0.717) is 35.7 Å². The average molecular weight is 782 g/mol. The van der Waals surface area contributed by atoms with Crippen molar-refractivity contribution < 1.29 is 14.3 Å². The van der Waals surface area contributed by atoms with E-state index in [1.54, 1.807) is 18.4 Å². The monoisotopic (exact) mass is 781 g/mol. The number of benzene rings is 6. The Bertz CT molecular complexity index is 2540. The fourth-order valence-electron chi connectivity index (χ4n) is 8.30. The number of aromatic nitrogens is 4. The second kappa shape index (κ2) is 16.6. The van der Waals surface area contributed by atoms with Crippen LogP contribution in [0.2, 0.25) is 0 Å². The molecule has 2 aromatic heterocycles. The molecule has 3 heterocycles. The first-order chi connectivity index (χ1) is 28.6. The van der Waals surface area contributed by atoms with Crippen LogP contribution < -0.4 is 9.47 Å². The molecular formula is C49H43N5O3S. The summed E-state index contributed by atoms with van der Waals surface area (Å²) in [4.78, 5) is 18.1. The SMILES string of the molecule is COc1cc(C(=O)c2c(-c3ccc(OCCN4CCCC4)cc3)sc3ccccc23)ccc1Cc1nnnn1C(c1ccccc1)(c1ccccc1)c1ccccc1. The minimum absolute atomic E-state index is 0.0654. The first-order valence-corrected chi connectivity index (χ1v) is 20.6. The molecule has 0 saturated carbocycles. The number of carbonyl (C=O) groups is 1. The number of ether oxygens (including phenoxy) is 2. The summed E-state index contributed by atoms with van der Waals surface area (Å²) in [5.41, 5.74) is 5.24. The normalized spacial score (nSPS) is 13.2. The van der Waals surface area contributed by atoms with Crippen LogP contribution in [-0.2, 0) is 12.0 Å². The highest BCUT2D eigenvalue weighted by Crippen LogP contribution is 2.43. The van der Waals surface area contributed by atoms with E-state index >= 15 is 0 Å². The third kappa shape index (κ3) is 7.08. The minimum Gasteiger partial charge on any atom is -0.496 e. The van der Waals surface area contributed by atoms with Crippen molar-refractivity contribution in [3.05, 3.63) is 197 Å². The molecule has 1 fully saturated rings. The summed E-state index contributed by atoms with van der Waals surface area (Å²) in [6, 6.07) is 52.9. The van der Waals surface area contributed by atoms with Gasteiger partial charge in [0.2, 0.25) is 0 Å². The van der Waals surface area contributed by atoms with Gasteiger partial charge in [-0.05, 0) is 95.0 Å². The number of thiophene rings is 1. The molecule has 1 aliphatic rings. The van der Waals surface area contributed by atoms with Crippen molar-refractivity contribution in [3.63, 3.8) is 0 Å². The highest BCUT2D eigenvalue weighted by Gasteiger charge is 2.41. The first-order valence-electron chi connectivity index (χ1n) is 19.8. The standard InChI is InChI=1S/C49H43N5O3S/c1-56-43-33-37(47(55)46-42-21-11-12-22-44(42)58-48(46)35-25-27-41(28-26-35)57-32-31-53-29-13-14-30-53)24-23-36(43)34-45-50-51-52-54(45)49(38-15-5-2-6-16-38,39-17-7-3-8-18-39)40-19-9-4-10-20-40/h2-12,15-28,33H,13-14,29-32,34H2,1H3. The van der Waals surface area contributed by atoms with E-state index < -0.39 is 5.54 Å². The van der Waals surface area contributed by atoms with Crippen LogP contribution in [0.1, 0.15) is 56.8 Å². The average Bonchev–Trinajstić information content (AvgIpc) is 4.07. The maximum absolute atomic E-state index is 14.7. The van der Waals surface area contributed by atoms with E-state index in [1.807, 2.05) is 108 Å². The smallest absolute Gasteiger partial charge is 0.195 e. The number of methoxy groups -OCH3 is 1. The van der Waals surface area contributed by atoms with E-state index in [2.05, 4.69) is 69.8 Å². The molecule has 0 aliphatic carbocycles. The van der Waals surface area contributed by atoms with Crippen molar-refractivity contribution in [2.45, 2.75) is 24.8 Å². The Labute approximate surface area is 342 Å². The van der Waals surface area contributed by atoms with Crippen LogP contribution in [0.3, 0.4) is 0 Å². The van der Waals surface area contributed by atoms with Gasteiger partial charge in [-0.3, -0.25) is 9.69 Å². The topological polar surface area (TPSA) is 82.4 Å². The Balaban J connectivity index is 1.05. The van der Waals surface area contributed by atoms with Crippen molar-refractivity contribution in [2.75, 3.05) is 33.4 Å². The minimum atomic E-state index is -0.875. The van der Waals surface area contributed by atoms with Gasteiger partial charge in [0, 0.05) is 44.6 Å². The Morgan fingerprint density at radius 3 is 2.00 bits per heavy atom. The first kappa shape index (κ1) is 37.2. The Hall–Kier alpha value is -6.42. The maximum atomic E-state index is 14.7. The second-order valence-corrected chi connectivity index (χ2v) is 15.6. The maximum Gasteiger partial charge on any atom is 0.195 e. The molecule has 8 aromatic rings. The van der Waals surface area contributed by atoms with E-state index in [0.717, 1.165) is 68.2 Å². The fourth-order valence-corrected chi connectivity index (χ4v) is 9.51. The van der Waals surface area contributed by atoms with Crippen LogP contribution in [0, 0.1) is 0 Å². The molecule has 8 nitrogen and oxygen atoms in total. The molecule has 9 rings (SSSR count). The quantitative estimate of drug-likeness (QED) is 0.0803. The molecule has 0 atom stereocenters. The molecule has 1 saturated heterocycles.